The van der Waals surface area contributed by atoms with Crippen molar-refractivity contribution in [3.63, 3.8) is 0 Å². The van der Waals surface area contributed by atoms with Gasteiger partial charge in [-0.15, -0.1) is 0 Å². The minimum Gasteiger partial charge on any atom is -0.300 e. The van der Waals surface area contributed by atoms with Gasteiger partial charge in [0.2, 0.25) is 0 Å². The molecule has 0 amide bonds. The molecule has 0 unspecified atom stereocenters. The molecule has 0 bridgehead atoms. The number of hydrogen-bond donors (Lipinski definition) is 0. The van der Waals surface area contributed by atoms with Crippen molar-refractivity contribution in [2.24, 2.45) is 5.41 Å². The Morgan fingerprint density at radius 3 is 2.43 bits per heavy atom. The summed E-state index contributed by atoms with van der Waals surface area (Å²) in [6.07, 6.45) is 3.66. The van der Waals surface area contributed by atoms with Gasteiger partial charge >= 0.3 is 0 Å². The number of fused-ring (bicyclic) bond motifs is 1. The number of ketones is 1. The molecule has 0 radical (unpaired) electrons. The summed E-state index contributed by atoms with van der Waals surface area (Å²) < 4.78 is 1.98. The van der Waals surface area contributed by atoms with Crippen LogP contribution >= 0.6 is 0 Å². The minimum atomic E-state index is -0.404. The van der Waals surface area contributed by atoms with Crippen molar-refractivity contribution in [3.8, 4) is 5.82 Å². The SMILES string of the molecule is CC(C)(C)C(=O)c1cn(-c2ccccn2)c2ccccc12. The molecule has 3 aromatic rings. The summed E-state index contributed by atoms with van der Waals surface area (Å²) in [5.41, 5.74) is 1.35. The van der Waals surface area contributed by atoms with E-state index in [1.165, 1.54) is 0 Å². The van der Waals surface area contributed by atoms with Gasteiger partial charge in [-0.2, -0.15) is 0 Å². The third-order valence-corrected chi connectivity index (χ3v) is 3.53. The Morgan fingerprint density at radius 2 is 1.76 bits per heavy atom. The first kappa shape index (κ1) is 13.6. The summed E-state index contributed by atoms with van der Waals surface area (Å²) in [6.45, 7) is 5.84. The molecule has 0 N–H and O–H groups in total. The number of Topliss-reactive ketones (excluding diaryl/α,β-unsaturated/α-hetero) is 1. The van der Waals surface area contributed by atoms with Gasteiger partial charge in [-0.1, -0.05) is 45.0 Å². The Bertz CT molecular complexity index is 795. The maximum absolute atomic E-state index is 12.7. The Labute approximate surface area is 124 Å². The van der Waals surface area contributed by atoms with Gasteiger partial charge in [-0.05, 0) is 18.2 Å². The lowest BCUT2D eigenvalue weighted by atomic mass is 9.86. The fraction of sp³-hybridized carbons (Fsp3) is 0.222. The van der Waals surface area contributed by atoms with Gasteiger partial charge in [-0.25, -0.2) is 4.98 Å². The molecule has 2 heterocycles. The second kappa shape index (κ2) is 4.85. The molecule has 106 valence electrons. The highest BCUT2D eigenvalue weighted by Crippen LogP contribution is 2.29. The van der Waals surface area contributed by atoms with Crippen LogP contribution in [0.2, 0.25) is 0 Å². The van der Waals surface area contributed by atoms with E-state index in [0.29, 0.717) is 0 Å². The van der Waals surface area contributed by atoms with Crippen LogP contribution in [-0.2, 0) is 0 Å². The van der Waals surface area contributed by atoms with E-state index in [2.05, 4.69) is 4.98 Å². The molecule has 0 saturated carbocycles. The summed E-state index contributed by atoms with van der Waals surface area (Å²) >= 11 is 0. The largest absolute Gasteiger partial charge is 0.300 e. The number of rotatable bonds is 2. The fourth-order valence-corrected chi connectivity index (χ4v) is 2.45. The minimum absolute atomic E-state index is 0.147. The number of carbonyl (C=O) groups excluding carboxylic acids is 1. The number of carbonyl (C=O) groups is 1. The van der Waals surface area contributed by atoms with Crippen LogP contribution in [0.1, 0.15) is 31.1 Å². The third-order valence-electron chi connectivity index (χ3n) is 3.53. The fourth-order valence-electron chi connectivity index (χ4n) is 2.45. The number of hydrogen-bond acceptors (Lipinski definition) is 2. The number of benzene rings is 1. The standard InChI is InChI=1S/C18H18N2O/c1-18(2,3)17(21)14-12-20(16-10-6-7-11-19-16)15-9-5-4-8-13(14)15/h4-12H,1-3H3. The monoisotopic (exact) mass is 278 g/mol. The van der Waals surface area contributed by atoms with Crippen LogP contribution in [0.5, 0.6) is 0 Å². The molecule has 1 aromatic carbocycles. The molecule has 0 aliphatic carbocycles. The van der Waals surface area contributed by atoms with Gasteiger partial charge < -0.3 is 4.57 Å². The highest BCUT2D eigenvalue weighted by Gasteiger charge is 2.26. The summed E-state index contributed by atoms with van der Waals surface area (Å²) in [5, 5.41) is 0.975. The summed E-state index contributed by atoms with van der Waals surface area (Å²) in [7, 11) is 0. The zero-order chi connectivity index (χ0) is 15.0. The Hall–Kier alpha value is -2.42. The van der Waals surface area contributed by atoms with Crippen molar-refractivity contribution in [1.29, 1.82) is 0 Å². The van der Waals surface area contributed by atoms with E-state index < -0.39 is 5.41 Å². The average Bonchev–Trinajstić information content (AvgIpc) is 2.86. The molecule has 0 saturated heterocycles. The molecule has 0 fully saturated rings. The summed E-state index contributed by atoms with van der Waals surface area (Å²) in [5.74, 6) is 0.968. The van der Waals surface area contributed by atoms with Crippen molar-refractivity contribution in [3.05, 3.63) is 60.4 Å². The van der Waals surface area contributed by atoms with Crippen LogP contribution in [0.4, 0.5) is 0 Å². The van der Waals surface area contributed by atoms with E-state index >= 15 is 0 Å². The number of aromatic nitrogens is 2. The van der Waals surface area contributed by atoms with E-state index in [-0.39, 0.29) is 5.78 Å². The smallest absolute Gasteiger partial charge is 0.170 e. The lowest BCUT2D eigenvalue weighted by Crippen LogP contribution is -2.19. The van der Waals surface area contributed by atoms with Crippen LogP contribution in [0.3, 0.4) is 0 Å². The predicted molar refractivity (Wildman–Crippen MR) is 84.9 cm³/mol. The van der Waals surface area contributed by atoms with Gasteiger partial charge in [-0.3, -0.25) is 4.79 Å². The molecule has 3 heteroatoms. The third kappa shape index (κ3) is 2.35. The lowest BCUT2D eigenvalue weighted by molar-refractivity contribution is 0.0860. The summed E-state index contributed by atoms with van der Waals surface area (Å²) in [4.78, 5) is 17.1. The molecule has 0 spiro atoms. The van der Waals surface area contributed by atoms with Crippen LogP contribution in [0.25, 0.3) is 16.7 Å². The highest BCUT2D eigenvalue weighted by molar-refractivity contribution is 6.10. The maximum atomic E-state index is 12.7. The first-order chi connectivity index (χ1) is 9.98. The lowest BCUT2D eigenvalue weighted by Gasteiger charge is -2.15. The predicted octanol–water partition coefficient (Wildman–Crippen LogP) is 4.25. The molecule has 2 aromatic heterocycles. The van der Waals surface area contributed by atoms with E-state index in [1.54, 1.807) is 6.20 Å². The quantitative estimate of drug-likeness (QED) is 0.657. The molecular weight excluding hydrogens is 260 g/mol. The summed E-state index contributed by atoms with van der Waals surface area (Å²) in [6, 6.07) is 13.7. The average molecular weight is 278 g/mol. The number of nitrogens with zero attached hydrogens (tertiary/aromatic N) is 2. The van der Waals surface area contributed by atoms with Crippen molar-refractivity contribution < 1.29 is 4.79 Å². The van der Waals surface area contributed by atoms with Crippen LogP contribution in [-0.4, -0.2) is 15.3 Å². The van der Waals surface area contributed by atoms with Crippen molar-refractivity contribution >= 4 is 16.7 Å². The van der Waals surface area contributed by atoms with Gasteiger partial charge in [0.05, 0.1) is 5.52 Å². The van der Waals surface area contributed by atoms with Crippen molar-refractivity contribution in [2.75, 3.05) is 0 Å². The van der Waals surface area contributed by atoms with Crippen LogP contribution in [0.15, 0.2) is 54.9 Å². The zero-order valence-electron chi connectivity index (χ0n) is 12.5. The maximum Gasteiger partial charge on any atom is 0.170 e. The molecule has 0 atom stereocenters. The molecule has 3 rings (SSSR count). The van der Waals surface area contributed by atoms with E-state index in [9.17, 15) is 4.79 Å². The van der Waals surface area contributed by atoms with Gasteiger partial charge in [0, 0.05) is 28.8 Å². The van der Waals surface area contributed by atoms with Gasteiger partial charge in [0.1, 0.15) is 5.82 Å². The van der Waals surface area contributed by atoms with Crippen LogP contribution in [0, 0.1) is 5.41 Å². The van der Waals surface area contributed by atoms with Crippen LogP contribution < -0.4 is 0 Å². The van der Waals surface area contributed by atoms with E-state index in [1.807, 2.05) is 74.0 Å². The highest BCUT2D eigenvalue weighted by atomic mass is 16.1. The topological polar surface area (TPSA) is 34.9 Å². The van der Waals surface area contributed by atoms with Gasteiger partial charge in [0.15, 0.2) is 5.78 Å². The molecular formula is C18H18N2O. The first-order valence-corrected chi connectivity index (χ1v) is 7.05. The zero-order valence-corrected chi connectivity index (χ0v) is 12.5. The molecule has 0 aliphatic heterocycles. The van der Waals surface area contributed by atoms with Gasteiger partial charge in [0.25, 0.3) is 0 Å². The van der Waals surface area contributed by atoms with E-state index in [4.69, 9.17) is 0 Å². The van der Waals surface area contributed by atoms with Crippen molar-refractivity contribution in [2.45, 2.75) is 20.8 Å². The number of pyridine rings is 1. The first-order valence-electron chi connectivity index (χ1n) is 7.05. The van der Waals surface area contributed by atoms with Crippen molar-refractivity contribution in [1.82, 2.24) is 9.55 Å². The Balaban J connectivity index is 2.27. The second-order valence-electron chi connectivity index (χ2n) is 6.20. The molecule has 21 heavy (non-hydrogen) atoms. The van der Waals surface area contributed by atoms with E-state index in [0.717, 1.165) is 22.3 Å². The second-order valence-corrected chi connectivity index (χ2v) is 6.20. The Kier molecular flexibility index (Phi) is 3.13. The Morgan fingerprint density at radius 1 is 1.05 bits per heavy atom. The number of para-hydroxylation sites is 1. The normalized spacial score (nSPS) is 11.8. The molecule has 3 nitrogen and oxygen atoms in total. The molecule has 0 aliphatic rings.